The lowest BCUT2D eigenvalue weighted by Crippen LogP contribution is -2.02. The number of hydrogen-bond donors (Lipinski definition) is 0. The van der Waals surface area contributed by atoms with Crippen molar-refractivity contribution in [1.29, 1.82) is 0 Å². The summed E-state index contributed by atoms with van der Waals surface area (Å²) >= 11 is 0. The standard InChI is InChI=1S/C52H31N5O/c1-2-11-35-30-36(25-22-32(35)10-1)33-20-23-34(24-21-33)50-54-51(56-52(55-50)42-16-9-19-48-49(42)43-31-53-29-28-47(43)58-48)41-26-27-46(38-13-4-3-12-37(38)41)57-44-17-7-5-14-39(44)40-15-6-8-18-45(40)57/h1-31H. The van der Waals surface area contributed by atoms with E-state index in [1.165, 1.54) is 21.5 Å². The molecule has 12 rings (SSSR count). The summed E-state index contributed by atoms with van der Waals surface area (Å²) < 4.78 is 8.65. The summed E-state index contributed by atoms with van der Waals surface area (Å²) in [6.45, 7) is 0. The molecule has 8 aromatic carbocycles. The number of hydrogen-bond acceptors (Lipinski definition) is 5. The molecular weight excluding hydrogens is 711 g/mol. The third kappa shape index (κ3) is 5.05. The molecule has 58 heavy (non-hydrogen) atoms. The second kappa shape index (κ2) is 12.8. The van der Waals surface area contributed by atoms with Crippen molar-refractivity contribution < 1.29 is 4.42 Å². The van der Waals surface area contributed by atoms with Crippen molar-refractivity contribution in [3.8, 4) is 51.0 Å². The van der Waals surface area contributed by atoms with Crippen LogP contribution in [-0.2, 0) is 0 Å². The maximum atomic E-state index is 6.28. The van der Waals surface area contributed by atoms with Gasteiger partial charge in [-0.15, -0.1) is 0 Å². The lowest BCUT2D eigenvalue weighted by molar-refractivity contribution is 0.668. The minimum absolute atomic E-state index is 0.561. The number of furan rings is 1. The minimum Gasteiger partial charge on any atom is -0.456 e. The van der Waals surface area contributed by atoms with E-state index in [-0.39, 0.29) is 0 Å². The molecule has 4 aromatic heterocycles. The quantitative estimate of drug-likeness (QED) is 0.176. The molecule has 0 aliphatic heterocycles. The lowest BCUT2D eigenvalue weighted by Gasteiger charge is -2.15. The van der Waals surface area contributed by atoms with Crippen LogP contribution in [0, 0.1) is 0 Å². The zero-order valence-corrected chi connectivity index (χ0v) is 31.0. The maximum Gasteiger partial charge on any atom is 0.164 e. The molecule has 0 amide bonds. The summed E-state index contributed by atoms with van der Waals surface area (Å²) in [5, 5.41) is 8.87. The summed E-state index contributed by atoms with van der Waals surface area (Å²) in [6, 6.07) is 61.6. The van der Waals surface area contributed by atoms with Crippen LogP contribution in [-0.4, -0.2) is 24.5 Å². The van der Waals surface area contributed by atoms with Gasteiger partial charge in [0.2, 0.25) is 0 Å². The van der Waals surface area contributed by atoms with E-state index < -0.39 is 0 Å². The molecule has 0 radical (unpaired) electrons. The van der Waals surface area contributed by atoms with Crippen LogP contribution < -0.4 is 0 Å². The Morgan fingerprint density at radius 2 is 1.03 bits per heavy atom. The number of benzene rings is 8. The van der Waals surface area contributed by atoms with Crippen molar-refractivity contribution in [1.82, 2.24) is 24.5 Å². The molecule has 0 aliphatic carbocycles. The van der Waals surface area contributed by atoms with Crippen LogP contribution in [0.2, 0.25) is 0 Å². The van der Waals surface area contributed by atoms with Crippen LogP contribution in [0.3, 0.4) is 0 Å². The maximum absolute atomic E-state index is 6.28. The predicted octanol–water partition coefficient (Wildman–Crippen LogP) is 13.2. The van der Waals surface area contributed by atoms with Crippen molar-refractivity contribution in [3.05, 3.63) is 188 Å². The van der Waals surface area contributed by atoms with Gasteiger partial charge in [-0.05, 0) is 69.8 Å². The molecule has 0 unspecified atom stereocenters. The van der Waals surface area contributed by atoms with E-state index in [1.807, 2.05) is 24.4 Å². The first-order valence-corrected chi connectivity index (χ1v) is 19.4. The third-order valence-electron chi connectivity index (χ3n) is 11.4. The highest BCUT2D eigenvalue weighted by atomic mass is 16.3. The van der Waals surface area contributed by atoms with Crippen LogP contribution in [0.1, 0.15) is 0 Å². The molecule has 0 aliphatic rings. The first kappa shape index (κ1) is 32.3. The molecule has 0 saturated heterocycles. The summed E-state index contributed by atoms with van der Waals surface area (Å²) in [6.07, 6.45) is 3.60. The summed E-state index contributed by atoms with van der Waals surface area (Å²) in [5.74, 6) is 1.74. The van der Waals surface area contributed by atoms with Crippen LogP contribution in [0.5, 0.6) is 0 Å². The monoisotopic (exact) mass is 741 g/mol. The van der Waals surface area contributed by atoms with E-state index >= 15 is 0 Å². The van der Waals surface area contributed by atoms with Gasteiger partial charge in [0.15, 0.2) is 17.5 Å². The highest BCUT2D eigenvalue weighted by Gasteiger charge is 2.21. The number of fused-ring (bicyclic) bond motifs is 8. The average molecular weight is 742 g/mol. The molecule has 4 heterocycles. The zero-order valence-electron chi connectivity index (χ0n) is 31.0. The molecule has 12 aromatic rings. The van der Waals surface area contributed by atoms with Gasteiger partial charge in [-0.1, -0.05) is 133 Å². The fourth-order valence-corrected chi connectivity index (χ4v) is 8.64. The van der Waals surface area contributed by atoms with Gasteiger partial charge in [0.1, 0.15) is 11.2 Å². The van der Waals surface area contributed by atoms with Crippen molar-refractivity contribution in [2.75, 3.05) is 0 Å². The highest BCUT2D eigenvalue weighted by Crippen LogP contribution is 2.40. The van der Waals surface area contributed by atoms with Gasteiger partial charge in [0, 0.05) is 56.0 Å². The van der Waals surface area contributed by atoms with Gasteiger partial charge in [-0.3, -0.25) is 4.98 Å². The Morgan fingerprint density at radius 3 is 1.83 bits per heavy atom. The molecular formula is C52H31N5O. The van der Waals surface area contributed by atoms with Gasteiger partial charge < -0.3 is 8.98 Å². The van der Waals surface area contributed by atoms with Gasteiger partial charge in [-0.2, -0.15) is 0 Å². The number of para-hydroxylation sites is 2. The Balaban J connectivity index is 1.07. The first-order valence-electron chi connectivity index (χ1n) is 19.4. The molecule has 0 N–H and O–H groups in total. The number of nitrogens with zero attached hydrogens (tertiary/aromatic N) is 5. The fourth-order valence-electron chi connectivity index (χ4n) is 8.64. The van der Waals surface area contributed by atoms with Crippen LogP contribution in [0.15, 0.2) is 193 Å². The first-order chi connectivity index (χ1) is 28.7. The normalized spacial score (nSPS) is 11.8. The third-order valence-corrected chi connectivity index (χ3v) is 11.4. The van der Waals surface area contributed by atoms with E-state index in [0.29, 0.717) is 17.5 Å². The number of aromatic nitrogens is 5. The SMILES string of the molecule is c1ccc2cc(-c3ccc(-c4nc(-c5ccc(-n6c7ccccc7c7ccccc76)c6ccccc56)nc(-c5cccc6oc7ccncc7c56)n4)cc3)ccc2c1. The number of rotatable bonds is 5. The second-order valence-electron chi connectivity index (χ2n) is 14.6. The summed E-state index contributed by atoms with van der Waals surface area (Å²) in [4.78, 5) is 20.2. The smallest absolute Gasteiger partial charge is 0.164 e. The Bertz CT molecular complexity index is 3530. The van der Waals surface area contributed by atoms with Crippen LogP contribution in [0.25, 0.3) is 116 Å². The molecule has 0 spiro atoms. The van der Waals surface area contributed by atoms with Crippen molar-refractivity contribution in [3.63, 3.8) is 0 Å². The summed E-state index contributed by atoms with van der Waals surface area (Å²) in [7, 11) is 0. The molecule has 270 valence electrons. The van der Waals surface area contributed by atoms with E-state index in [1.54, 1.807) is 6.20 Å². The molecule has 0 saturated carbocycles. The van der Waals surface area contributed by atoms with E-state index in [4.69, 9.17) is 19.4 Å². The molecule has 6 heteroatoms. The second-order valence-corrected chi connectivity index (χ2v) is 14.6. The van der Waals surface area contributed by atoms with Crippen molar-refractivity contribution in [2.24, 2.45) is 0 Å². The Labute approximate surface area is 332 Å². The molecule has 6 nitrogen and oxygen atoms in total. The van der Waals surface area contributed by atoms with Gasteiger partial charge in [0.05, 0.1) is 16.7 Å². The van der Waals surface area contributed by atoms with Crippen molar-refractivity contribution >= 4 is 65.3 Å². The lowest BCUT2D eigenvalue weighted by atomic mass is 10.00. The van der Waals surface area contributed by atoms with E-state index in [2.05, 4.69) is 167 Å². The molecule has 0 bridgehead atoms. The Morgan fingerprint density at radius 1 is 0.397 bits per heavy atom. The van der Waals surface area contributed by atoms with Crippen molar-refractivity contribution in [2.45, 2.75) is 0 Å². The predicted molar refractivity (Wildman–Crippen MR) is 236 cm³/mol. The largest absolute Gasteiger partial charge is 0.456 e. The minimum atomic E-state index is 0.561. The summed E-state index contributed by atoms with van der Waals surface area (Å²) in [5.41, 5.74) is 9.89. The van der Waals surface area contributed by atoms with Gasteiger partial charge in [0.25, 0.3) is 0 Å². The molecule has 0 fully saturated rings. The van der Waals surface area contributed by atoms with Gasteiger partial charge in [-0.25, -0.2) is 15.0 Å². The Hall–Kier alpha value is -7.96. The number of pyridine rings is 1. The molecule has 0 atom stereocenters. The van der Waals surface area contributed by atoms with E-state index in [9.17, 15) is 0 Å². The fraction of sp³-hybridized carbons (Fsp3) is 0. The van der Waals surface area contributed by atoms with Gasteiger partial charge >= 0.3 is 0 Å². The zero-order chi connectivity index (χ0) is 38.2. The highest BCUT2D eigenvalue weighted by molar-refractivity contribution is 6.13. The van der Waals surface area contributed by atoms with Crippen LogP contribution in [0.4, 0.5) is 0 Å². The average Bonchev–Trinajstić information content (AvgIpc) is 3.84. The Kier molecular flexibility index (Phi) is 7.13. The topological polar surface area (TPSA) is 69.6 Å². The van der Waals surface area contributed by atoms with Crippen LogP contribution >= 0.6 is 0 Å². The van der Waals surface area contributed by atoms with E-state index in [0.717, 1.165) is 77.2 Å².